The van der Waals surface area contributed by atoms with Crippen LogP contribution in [0.15, 0.2) is 18.2 Å². The zero-order chi connectivity index (χ0) is 9.26. The number of nitriles is 1. The van der Waals surface area contributed by atoms with Crippen molar-refractivity contribution in [3.8, 4) is 6.07 Å². The van der Waals surface area contributed by atoms with Crippen molar-refractivity contribution in [1.82, 2.24) is 0 Å². The molecule has 3 heteroatoms. The minimum absolute atomic E-state index is 0.304. The number of para-hydroxylation sites is 1. The molecule has 0 saturated heterocycles. The lowest BCUT2D eigenvalue weighted by Crippen LogP contribution is -2.00. The summed E-state index contributed by atoms with van der Waals surface area (Å²) in [5.41, 5.74) is 2.18. The highest BCUT2D eigenvalue weighted by Crippen LogP contribution is 2.37. The summed E-state index contributed by atoms with van der Waals surface area (Å²) in [6.45, 7) is 0.826. The van der Waals surface area contributed by atoms with Crippen LogP contribution in [0.25, 0.3) is 0 Å². The lowest BCUT2D eigenvalue weighted by atomic mass is 9.99. The number of fused-ring (bicyclic) bond motifs is 1. The van der Waals surface area contributed by atoms with E-state index in [0.717, 1.165) is 17.3 Å². The predicted molar refractivity (Wildman–Crippen MR) is 52.9 cm³/mol. The third-order valence-corrected chi connectivity index (χ3v) is 2.66. The lowest BCUT2D eigenvalue weighted by Gasteiger charge is -2.04. The van der Waals surface area contributed by atoms with Gasteiger partial charge in [0.15, 0.2) is 0 Å². The van der Waals surface area contributed by atoms with E-state index in [2.05, 4.69) is 11.4 Å². The molecule has 1 aromatic rings. The number of hydrogen-bond acceptors (Lipinski definition) is 2. The Morgan fingerprint density at radius 2 is 2.46 bits per heavy atom. The van der Waals surface area contributed by atoms with Crippen molar-refractivity contribution in [2.24, 2.45) is 0 Å². The molecular formula is C10H9ClN2. The van der Waals surface area contributed by atoms with Gasteiger partial charge in [-0.15, -0.1) is 0 Å². The van der Waals surface area contributed by atoms with Crippen LogP contribution in [-0.2, 0) is 0 Å². The molecule has 0 saturated carbocycles. The summed E-state index contributed by atoms with van der Waals surface area (Å²) in [4.78, 5) is 0. The molecule has 0 amide bonds. The Morgan fingerprint density at radius 3 is 3.23 bits per heavy atom. The third kappa shape index (κ3) is 1.36. The van der Waals surface area contributed by atoms with Gasteiger partial charge < -0.3 is 5.32 Å². The molecule has 1 aliphatic rings. The molecule has 0 aliphatic carbocycles. The summed E-state index contributed by atoms with van der Waals surface area (Å²) in [5.74, 6) is 0.304. The van der Waals surface area contributed by atoms with Crippen molar-refractivity contribution in [2.75, 3.05) is 11.9 Å². The molecule has 13 heavy (non-hydrogen) atoms. The molecule has 1 atom stereocenters. The topological polar surface area (TPSA) is 35.8 Å². The van der Waals surface area contributed by atoms with Gasteiger partial charge >= 0.3 is 0 Å². The highest BCUT2D eigenvalue weighted by atomic mass is 35.5. The van der Waals surface area contributed by atoms with Gasteiger partial charge in [0, 0.05) is 18.9 Å². The van der Waals surface area contributed by atoms with Gasteiger partial charge in [-0.1, -0.05) is 23.7 Å². The Kier molecular flexibility index (Phi) is 2.12. The zero-order valence-electron chi connectivity index (χ0n) is 7.05. The monoisotopic (exact) mass is 192 g/mol. The van der Waals surface area contributed by atoms with Gasteiger partial charge in [-0.25, -0.2) is 0 Å². The Balaban J connectivity index is 2.39. The third-order valence-electron chi connectivity index (χ3n) is 2.35. The molecule has 0 radical (unpaired) electrons. The Labute approximate surface area is 82.1 Å². The first-order valence-electron chi connectivity index (χ1n) is 4.22. The lowest BCUT2D eigenvalue weighted by molar-refractivity contribution is 0.780. The standard InChI is InChI=1S/C10H9ClN2/c11-9-3-1-2-8-7(4-5-12)6-13-10(8)9/h1-3,7,13H,4,6H2. The smallest absolute Gasteiger partial charge is 0.0640 e. The molecule has 2 rings (SSSR count). The van der Waals surface area contributed by atoms with Crippen LogP contribution in [0.5, 0.6) is 0 Å². The van der Waals surface area contributed by atoms with Gasteiger partial charge in [0.1, 0.15) is 0 Å². The predicted octanol–water partition coefficient (Wildman–Crippen LogP) is 2.76. The highest BCUT2D eigenvalue weighted by molar-refractivity contribution is 6.33. The number of nitrogens with one attached hydrogen (secondary N) is 1. The number of halogens is 1. The van der Waals surface area contributed by atoms with E-state index in [-0.39, 0.29) is 0 Å². The van der Waals surface area contributed by atoms with E-state index in [4.69, 9.17) is 16.9 Å². The fourth-order valence-corrected chi connectivity index (χ4v) is 1.94. The van der Waals surface area contributed by atoms with Crippen LogP contribution in [0, 0.1) is 11.3 Å². The van der Waals surface area contributed by atoms with Crippen LogP contribution >= 0.6 is 11.6 Å². The molecule has 1 aliphatic heterocycles. The number of hydrogen-bond donors (Lipinski definition) is 1. The van der Waals surface area contributed by atoms with Gasteiger partial charge in [0.05, 0.1) is 16.8 Å². The summed E-state index contributed by atoms with van der Waals surface area (Å²) in [6.07, 6.45) is 0.556. The first kappa shape index (κ1) is 8.40. The van der Waals surface area contributed by atoms with E-state index in [1.165, 1.54) is 5.56 Å². The minimum atomic E-state index is 0.304. The Hall–Kier alpha value is -1.20. The maximum absolute atomic E-state index is 8.61. The molecule has 1 heterocycles. The molecular weight excluding hydrogens is 184 g/mol. The second-order valence-corrected chi connectivity index (χ2v) is 3.55. The van der Waals surface area contributed by atoms with Crippen molar-refractivity contribution >= 4 is 17.3 Å². The van der Waals surface area contributed by atoms with E-state index >= 15 is 0 Å². The summed E-state index contributed by atoms with van der Waals surface area (Å²) < 4.78 is 0. The van der Waals surface area contributed by atoms with Gasteiger partial charge in [0.25, 0.3) is 0 Å². The van der Waals surface area contributed by atoms with E-state index in [0.29, 0.717) is 12.3 Å². The van der Waals surface area contributed by atoms with Crippen LogP contribution in [-0.4, -0.2) is 6.54 Å². The summed E-state index contributed by atoms with van der Waals surface area (Å²) in [6, 6.07) is 8.01. The first-order valence-corrected chi connectivity index (χ1v) is 4.60. The Morgan fingerprint density at radius 1 is 1.62 bits per heavy atom. The van der Waals surface area contributed by atoms with Crippen molar-refractivity contribution in [3.05, 3.63) is 28.8 Å². The maximum atomic E-state index is 8.61. The van der Waals surface area contributed by atoms with Crippen LogP contribution in [0.1, 0.15) is 17.9 Å². The van der Waals surface area contributed by atoms with Gasteiger partial charge in [-0.3, -0.25) is 0 Å². The second-order valence-electron chi connectivity index (χ2n) is 3.14. The van der Waals surface area contributed by atoms with E-state index < -0.39 is 0 Å². The van der Waals surface area contributed by atoms with E-state index in [1.54, 1.807) is 0 Å². The zero-order valence-corrected chi connectivity index (χ0v) is 7.80. The van der Waals surface area contributed by atoms with Crippen molar-refractivity contribution < 1.29 is 0 Å². The largest absolute Gasteiger partial charge is 0.383 e. The number of anilines is 1. The van der Waals surface area contributed by atoms with Crippen LogP contribution in [0.4, 0.5) is 5.69 Å². The van der Waals surface area contributed by atoms with E-state index in [1.807, 2.05) is 18.2 Å². The summed E-state index contributed by atoms with van der Waals surface area (Å²) in [5, 5.41) is 12.6. The van der Waals surface area contributed by atoms with Crippen LogP contribution in [0.3, 0.4) is 0 Å². The van der Waals surface area contributed by atoms with Crippen molar-refractivity contribution in [1.29, 1.82) is 5.26 Å². The maximum Gasteiger partial charge on any atom is 0.0640 e. The normalized spacial score (nSPS) is 18.9. The molecule has 66 valence electrons. The van der Waals surface area contributed by atoms with E-state index in [9.17, 15) is 0 Å². The molecule has 0 aromatic heterocycles. The second kappa shape index (κ2) is 3.27. The summed E-state index contributed by atoms with van der Waals surface area (Å²) in [7, 11) is 0. The van der Waals surface area contributed by atoms with Gasteiger partial charge in [-0.2, -0.15) is 5.26 Å². The molecule has 2 nitrogen and oxygen atoms in total. The fraction of sp³-hybridized carbons (Fsp3) is 0.300. The molecule has 1 unspecified atom stereocenters. The average molecular weight is 193 g/mol. The fourth-order valence-electron chi connectivity index (χ4n) is 1.70. The van der Waals surface area contributed by atoms with Crippen molar-refractivity contribution in [2.45, 2.75) is 12.3 Å². The summed E-state index contributed by atoms with van der Waals surface area (Å²) >= 11 is 5.99. The number of nitrogens with zero attached hydrogens (tertiary/aromatic N) is 1. The molecule has 0 fully saturated rings. The molecule has 0 spiro atoms. The Bertz CT molecular complexity index is 368. The van der Waals surface area contributed by atoms with Gasteiger partial charge in [0.2, 0.25) is 0 Å². The number of benzene rings is 1. The van der Waals surface area contributed by atoms with Crippen LogP contribution in [0.2, 0.25) is 5.02 Å². The SMILES string of the molecule is N#CCC1CNc2c(Cl)cccc21. The molecule has 1 N–H and O–H groups in total. The van der Waals surface area contributed by atoms with Crippen LogP contribution < -0.4 is 5.32 Å². The first-order chi connectivity index (χ1) is 6.33. The highest BCUT2D eigenvalue weighted by Gasteiger charge is 2.22. The molecule has 1 aromatic carbocycles. The quantitative estimate of drug-likeness (QED) is 0.743. The molecule has 0 bridgehead atoms. The average Bonchev–Trinajstić information content (AvgIpc) is 2.51. The minimum Gasteiger partial charge on any atom is -0.383 e. The number of rotatable bonds is 1. The van der Waals surface area contributed by atoms with Gasteiger partial charge in [-0.05, 0) is 11.6 Å². The van der Waals surface area contributed by atoms with Crippen molar-refractivity contribution in [3.63, 3.8) is 0 Å².